The van der Waals surface area contributed by atoms with Gasteiger partial charge in [0.2, 0.25) is 0 Å². The van der Waals surface area contributed by atoms with E-state index >= 15 is 0 Å². The Morgan fingerprint density at radius 3 is 2.42 bits per heavy atom. The lowest BCUT2D eigenvalue weighted by atomic mass is 10.1. The Hall–Kier alpha value is -1.83. The molecule has 1 rings (SSSR count). The lowest BCUT2D eigenvalue weighted by Crippen LogP contribution is -2.36. The highest BCUT2D eigenvalue weighted by Gasteiger charge is 2.31. The molecule has 0 aliphatic carbocycles. The van der Waals surface area contributed by atoms with Crippen LogP contribution in [0.2, 0.25) is 0 Å². The van der Waals surface area contributed by atoms with Gasteiger partial charge in [0.15, 0.2) is 0 Å². The number of nitrogens with one attached hydrogen (secondary N) is 1. The monoisotopic (exact) mass is 279 g/mol. The van der Waals surface area contributed by atoms with E-state index < -0.39 is 25.1 Å². The minimum atomic E-state index is -4.51. The molecule has 19 heavy (non-hydrogen) atoms. The van der Waals surface area contributed by atoms with Crippen LogP contribution in [-0.4, -0.2) is 36.8 Å². The zero-order valence-electron chi connectivity index (χ0n) is 9.84. The Morgan fingerprint density at radius 2 is 2.00 bits per heavy atom. The average Bonchev–Trinajstić information content (AvgIpc) is 2.26. The Kier molecular flexibility index (Phi) is 4.71. The fourth-order valence-corrected chi connectivity index (χ4v) is 1.55. The number of hydrogen-bond acceptors (Lipinski definition) is 3. The molecule has 0 radical (unpaired) electrons. The van der Waals surface area contributed by atoms with Crippen LogP contribution >= 0.6 is 0 Å². The quantitative estimate of drug-likeness (QED) is 0.434. The van der Waals surface area contributed by atoms with E-state index in [2.05, 4.69) is 0 Å². The van der Waals surface area contributed by atoms with Crippen molar-refractivity contribution in [3.63, 3.8) is 0 Å². The van der Waals surface area contributed by atoms with E-state index in [1.807, 2.05) is 0 Å². The van der Waals surface area contributed by atoms with Crippen molar-refractivity contribution in [2.24, 2.45) is 5.73 Å². The molecular formula is C11H13F4N3O. The minimum Gasteiger partial charge on any atom is -0.395 e. The summed E-state index contributed by atoms with van der Waals surface area (Å²) in [7, 11) is 0. The molecule has 0 amide bonds. The Morgan fingerprint density at radius 1 is 1.37 bits per heavy atom. The molecule has 0 fully saturated rings. The normalized spacial score (nSPS) is 11.4. The van der Waals surface area contributed by atoms with Crippen LogP contribution in [0.15, 0.2) is 18.2 Å². The van der Waals surface area contributed by atoms with Crippen molar-refractivity contribution in [3.8, 4) is 0 Å². The molecule has 1 aromatic rings. The molecule has 8 heteroatoms. The number of halogens is 4. The van der Waals surface area contributed by atoms with E-state index in [-0.39, 0.29) is 23.6 Å². The van der Waals surface area contributed by atoms with Crippen LogP contribution in [-0.2, 0) is 0 Å². The predicted molar refractivity (Wildman–Crippen MR) is 62.8 cm³/mol. The highest BCUT2D eigenvalue weighted by atomic mass is 19.4. The molecule has 4 N–H and O–H groups in total. The van der Waals surface area contributed by atoms with Crippen molar-refractivity contribution in [2.75, 3.05) is 24.6 Å². The van der Waals surface area contributed by atoms with E-state index in [1.165, 1.54) is 6.07 Å². The molecule has 0 spiro atoms. The number of rotatable bonds is 5. The van der Waals surface area contributed by atoms with Crippen molar-refractivity contribution in [3.05, 3.63) is 29.6 Å². The van der Waals surface area contributed by atoms with Gasteiger partial charge < -0.3 is 15.7 Å². The average molecular weight is 279 g/mol. The fourth-order valence-electron chi connectivity index (χ4n) is 1.55. The standard InChI is InChI=1S/C11H13F4N3O/c12-8-5-7(10(16)17)1-2-9(8)18(3-4-19)6-11(13,14)15/h1-2,5,19H,3-4,6H2,(H3,16,17). The fraction of sp³-hybridized carbons (Fsp3) is 0.364. The van der Waals surface area contributed by atoms with E-state index in [0.29, 0.717) is 4.90 Å². The highest BCUT2D eigenvalue weighted by Crippen LogP contribution is 2.25. The van der Waals surface area contributed by atoms with Crippen molar-refractivity contribution in [1.82, 2.24) is 0 Å². The van der Waals surface area contributed by atoms with Gasteiger partial charge in [-0.25, -0.2) is 4.39 Å². The maximum Gasteiger partial charge on any atom is 0.405 e. The van der Waals surface area contributed by atoms with E-state index in [9.17, 15) is 17.6 Å². The number of aliphatic hydroxyl groups is 1. The zero-order valence-corrected chi connectivity index (χ0v) is 9.84. The van der Waals surface area contributed by atoms with Gasteiger partial charge in [0.1, 0.15) is 18.2 Å². The van der Waals surface area contributed by atoms with Gasteiger partial charge in [0.25, 0.3) is 0 Å². The number of aliphatic hydroxyl groups excluding tert-OH is 1. The second-order valence-corrected chi connectivity index (χ2v) is 3.84. The number of alkyl halides is 3. The Bertz CT molecular complexity index is 462. The molecular weight excluding hydrogens is 266 g/mol. The summed E-state index contributed by atoms with van der Waals surface area (Å²) >= 11 is 0. The van der Waals surface area contributed by atoms with Crippen LogP contribution in [0.1, 0.15) is 5.56 Å². The Labute approximate surface area is 106 Å². The van der Waals surface area contributed by atoms with Gasteiger partial charge in [0, 0.05) is 12.1 Å². The van der Waals surface area contributed by atoms with Crippen LogP contribution in [0.4, 0.5) is 23.2 Å². The number of nitrogens with zero attached hydrogens (tertiary/aromatic N) is 1. The summed E-state index contributed by atoms with van der Waals surface area (Å²) in [5, 5.41) is 15.9. The molecule has 0 unspecified atom stereocenters. The first kappa shape index (κ1) is 15.2. The summed E-state index contributed by atoms with van der Waals surface area (Å²) in [6, 6.07) is 3.24. The topological polar surface area (TPSA) is 73.3 Å². The van der Waals surface area contributed by atoms with Crippen LogP contribution < -0.4 is 10.6 Å². The smallest absolute Gasteiger partial charge is 0.395 e. The van der Waals surface area contributed by atoms with E-state index in [0.717, 1.165) is 12.1 Å². The van der Waals surface area contributed by atoms with Crippen LogP contribution in [0, 0.1) is 11.2 Å². The van der Waals surface area contributed by atoms with E-state index in [1.54, 1.807) is 0 Å². The lowest BCUT2D eigenvalue weighted by molar-refractivity contribution is -0.119. The maximum absolute atomic E-state index is 13.7. The molecule has 0 aliphatic heterocycles. The summed E-state index contributed by atoms with van der Waals surface area (Å²) in [5.74, 6) is -1.31. The summed E-state index contributed by atoms with van der Waals surface area (Å²) in [6.45, 7) is -2.26. The molecule has 0 saturated heterocycles. The molecule has 1 aromatic carbocycles. The van der Waals surface area contributed by atoms with Crippen molar-refractivity contribution >= 4 is 11.5 Å². The van der Waals surface area contributed by atoms with Crippen LogP contribution in [0.5, 0.6) is 0 Å². The van der Waals surface area contributed by atoms with Crippen LogP contribution in [0.25, 0.3) is 0 Å². The van der Waals surface area contributed by atoms with Gasteiger partial charge in [-0.3, -0.25) is 5.41 Å². The number of amidine groups is 1. The van der Waals surface area contributed by atoms with Crippen LogP contribution in [0.3, 0.4) is 0 Å². The number of hydrogen-bond donors (Lipinski definition) is 3. The van der Waals surface area contributed by atoms with Gasteiger partial charge in [-0.1, -0.05) is 0 Å². The molecule has 106 valence electrons. The van der Waals surface area contributed by atoms with Gasteiger partial charge >= 0.3 is 6.18 Å². The number of benzene rings is 1. The molecule has 0 atom stereocenters. The Balaban J connectivity index is 3.06. The second-order valence-electron chi connectivity index (χ2n) is 3.84. The third-order valence-corrected chi connectivity index (χ3v) is 2.34. The first-order valence-electron chi connectivity index (χ1n) is 5.31. The third kappa shape index (κ3) is 4.40. The van der Waals surface area contributed by atoms with Crippen molar-refractivity contribution in [2.45, 2.75) is 6.18 Å². The molecule has 0 heterocycles. The summed E-state index contributed by atoms with van der Waals surface area (Å²) in [4.78, 5) is 0.680. The summed E-state index contributed by atoms with van der Waals surface area (Å²) in [6.07, 6.45) is -4.51. The highest BCUT2D eigenvalue weighted by molar-refractivity contribution is 5.95. The molecule has 0 saturated carbocycles. The SMILES string of the molecule is N=C(N)c1ccc(N(CCO)CC(F)(F)F)c(F)c1. The first-order chi connectivity index (χ1) is 8.74. The summed E-state index contributed by atoms with van der Waals surface area (Å²) < 4.78 is 50.8. The third-order valence-electron chi connectivity index (χ3n) is 2.34. The molecule has 0 bridgehead atoms. The number of nitrogen functional groups attached to an aromatic ring is 1. The van der Waals surface area contributed by atoms with Crippen molar-refractivity contribution in [1.29, 1.82) is 5.41 Å². The molecule has 4 nitrogen and oxygen atoms in total. The largest absolute Gasteiger partial charge is 0.405 e. The van der Waals surface area contributed by atoms with Gasteiger partial charge in [-0.15, -0.1) is 0 Å². The second kappa shape index (κ2) is 5.87. The number of nitrogens with two attached hydrogens (primary N) is 1. The molecule has 0 aromatic heterocycles. The van der Waals surface area contributed by atoms with Gasteiger partial charge in [0.05, 0.1) is 12.3 Å². The van der Waals surface area contributed by atoms with Gasteiger partial charge in [-0.05, 0) is 18.2 Å². The molecule has 0 aliphatic rings. The lowest BCUT2D eigenvalue weighted by Gasteiger charge is -2.25. The minimum absolute atomic E-state index is 0.0807. The van der Waals surface area contributed by atoms with Gasteiger partial charge in [-0.2, -0.15) is 13.2 Å². The maximum atomic E-state index is 13.7. The summed E-state index contributed by atoms with van der Waals surface area (Å²) in [5.41, 5.74) is 4.94. The van der Waals surface area contributed by atoms with Crippen molar-refractivity contribution < 1.29 is 22.7 Å². The van der Waals surface area contributed by atoms with E-state index in [4.69, 9.17) is 16.2 Å². The predicted octanol–water partition coefficient (Wildman–Crippen LogP) is 1.47. The first-order valence-corrected chi connectivity index (χ1v) is 5.31. The number of anilines is 1. The zero-order chi connectivity index (χ0) is 14.6.